The fourth-order valence-electron chi connectivity index (χ4n) is 0.887. The van der Waals surface area contributed by atoms with Crippen molar-refractivity contribution in [3.05, 3.63) is 11.4 Å². The van der Waals surface area contributed by atoms with Crippen LogP contribution in [0.5, 0.6) is 0 Å². The molecule has 5 nitrogen and oxygen atoms in total. The van der Waals surface area contributed by atoms with E-state index in [0.717, 1.165) is 11.9 Å². The second-order valence-corrected chi connectivity index (χ2v) is 4.43. The van der Waals surface area contributed by atoms with Crippen LogP contribution in [0.3, 0.4) is 0 Å². The molecule has 68 valence electrons. The van der Waals surface area contributed by atoms with E-state index in [0.29, 0.717) is 11.4 Å². The van der Waals surface area contributed by atoms with Gasteiger partial charge in [-0.25, -0.2) is 8.42 Å². The normalized spacial score (nSPS) is 11.6. The molecule has 0 unspecified atom stereocenters. The summed E-state index contributed by atoms with van der Waals surface area (Å²) in [5, 5.41) is 6.53. The van der Waals surface area contributed by atoms with Crippen molar-refractivity contribution in [2.24, 2.45) is 0 Å². The molecule has 0 atom stereocenters. The summed E-state index contributed by atoms with van der Waals surface area (Å²) in [5.41, 5.74) is 1.91. The molecular weight excluding hydrogens is 178 g/mol. The third-order valence-electron chi connectivity index (χ3n) is 1.42. The Kier molecular flexibility index (Phi) is 2.10. The summed E-state index contributed by atoms with van der Waals surface area (Å²) in [5.74, 6) is 0. The second kappa shape index (κ2) is 2.78. The summed E-state index contributed by atoms with van der Waals surface area (Å²) < 4.78 is 24.1. The Morgan fingerprint density at radius 1 is 1.42 bits per heavy atom. The summed E-state index contributed by atoms with van der Waals surface area (Å²) in [7, 11) is -3.20. The summed E-state index contributed by atoms with van der Waals surface area (Å²) in [4.78, 5) is 0. The fraction of sp³-hybridized carbons (Fsp3) is 0.500. The first-order valence-electron chi connectivity index (χ1n) is 3.39. The highest BCUT2D eigenvalue weighted by Crippen LogP contribution is 2.16. The number of nitrogens with zero attached hydrogens (tertiary/aromatic N) is 1. The van der Waals surface area contributed by atoms with Gasteiger partial charge in [0.05, 0.1) is 23.3 Å². The fourth-order valence-corrected chi connectivity index (χ4v) is 1.56. The topological polar surface area (TPSA) is 74.8 Å². The third-order valence-corrected chi connectivity index (χ3v) is 1.99. The van der Waals surface area contributed by atoms with E-state index in [1.165, 1.54) is 0 Å². The maximum atomic E-state index is 10.9. The average Bonchev–Trinajstić information content (AvgIpc) is 2.16. The molecule has 1 heterocycles. The third kappa shape index (κ3) is 1.97. The van der Waals surface area contributed by atoms with Crippen LogP contribution in [0.4, 0.5) is 5.69 Å². The molecule has 2 N–H and O–H groups in total. The van der Waals surface area contributed by atoms with E-state index in [4.69, 9.17) is 0 Å². The first-order chi connectivity index (χ1) is 5.40. The molecule has 0 saturated carbocycles. The summed E-state index contributed by atoms with van der Waals surface area (Å²) in [6, 6.07) is 0. The van der Waals surface area contributed by atoms with Crippen molar-refractivity contribution in [3.63, 3.8) is 0 Å². The minimum atomic E-state index is -3.20. The Hall–Kier alpha value is -1.04. The van der Waals surface area contributed by atoms with E-state index in [1.54, 1.807) is 13.8 Å². The number of aryl methyl sites for hydroxylation is 2. The van der Waals surface area contributed by atoms with Gasteiger partial charge >= 0.3 is 0 Å². The van der Waals surface area contributed by atoms with Crippen molar-refractivity contribution in [1.82, 2.24) is 10.2 Å². The van der Waals surface area contributed by atoms with E-state index >= 15 is 0 Å². The number of sulfonamides is 1. The van der Waals surface area contributed by atoms with E-state index in [2.05, 4.69) is 14.9 Å². The zero-order chi connectivity index (χ0) is 9.35. The molecule has 0 aromatic carbocycles. The molecule has 0 radical (unpaired) electrons. The number of nitrogens with one attached hydrogen (secondary N) is 2. The Bertz CT molecular complexity index is 360. The summed E-state index contributed by atoms with van der Waals surface area (Å²) in [6.45, 7) is 3.49. The predicted octanol–water partition coefficient (Wildman–Crippen LogP) is 0.398. The van der Waals surface area contributed by atoms with Crippen LogP contribution < -0.4 is 4.72 Å². The Labute approximate surface area is 71.2 Å². The molecule has 0 fully saturated rings. The van der Waals surface area contributed by atoms with Crippen LogP contribution in [0, 0.1) is 13.8 Å². The summed E-state index contributed by atoms with van der Waals surface area (Å²) in [6.07, 6.45) is 1.11. The van der Waals surface area contributed by atoms with Gasteiger partial charge in [0.25, 0.3) is 0 Å². The SMILES string of the molecule is Cc1n[nH]c(C)c1NS(C)(=O)=O. The lowest BCUT2D eigenvalue weighted by atomic mass is 10.3. The number of H-pyrrole nitrogens is 1. The number of aromatic nitrogens is 2. The predicted molar refractivity (Wildman–Crippen MR) is 46.5 cm³/mol. The molecule has 0 aliphatic rings. The van der Waals surface area contributed by atoms with Crippen LogP contribution in [0.25, 0.3) is 0 Å². The van der Waals surface area contributed by atoms with Crippen molar-refractivity contribution < 1.29 is 8.42 Å². The smallest absolute Gasteiger partial charge is 0.229 e. The van der Waals surface area contributed by atoms with Gasteiger partial charge in [0.15, 0.2) is 0 Å². The molecule has 0 aliphatic heterocycles. The van der Waals surface area contributed by atoms with Gasteiger partial charge in [-0.15, -0.1) is 0 Å². The standard InChI is InChI=1S/C6H11N3O2S/c1-4-6(5(2)8-7-4)9-12(3,10)11/h9H,1-3H3,(H,7,8). The molecule has 0 amide bonds. The van der Waals surface area contributed by atoms with Crippen molar-refractivity contribution >= 4 is 15.7 Å². The highest BCUT2D eigenvalue weighted by atomic mass is 32.2. The molecule has 1 rings (SSSR count). The van der Waals surface area contributed by atoms with Crippen molar-refractivity contribution in [3.8, 4) is 0 Å². The molecule has 6 heteroatoms. The molecule has 1 aromatic heterocycles. The maximum Gasteiger partial charge on any atom is 0.229 e. The molecule has 12 heavy (non-hydrogen) atoms. The molecule has 0 saturated heterocycles. The van der Waals surface area contributed by atoms with Gasteiger partial charge in [0, 0.05) is 0 Å². The average molecular weight is 189 g/mol. The van der Waals surface area contributed by atoms with E-state index < -0.39 is 10.0 Å². The Morgan fingerprint density at radius 2 is 2.00 bits per heavy atom. The minimum absolute atomic E-state index is 0.539. The lowest BCUT2D eigenvalue weighted by Crippen LogP contribution is -2.10. The highest BCUT2D eigenvalue weighted by Gasteiger charge is 2.09. The highest BCUT2D eigenvalue weighted by molar-refractivity contribution is 7.92. The lowest BCUT2D eigenvalue weighted by molar-refractivity contribution is 0.606. The largest absolute Gasteiger partial charge is 0.280 e. The number of anilines is 1. The second-order valence-electron chi connectivity index (χ2n) is 2.68. The van der Waals surface area contributed by atoms with E-state index in [1.807, 2.05) is 0 Å². The van der Waals surface area contributed by atoms with Crippen molar-refractivity contribution in [1.29, 1.82) is 0 Å². The Balaban J connectivity index is 3.04. The zero-order valence-corrected chi connectivity index (χ0v) is 7.99. The van der Waals surface area contributed by atoms with Gasteiger partial charge in [0.1, 0.15) is 0 Å². The number of aromatic amines is 1. The molecule has 1 aromatic rings. The van der Waals surface area contributed by atoms with Crippen LogP contribution in [0.15, 0.2) is 0 Å². The summed E-state index contributed by atoms with van der Waals surface area (Å²) >= 11 is 0. The van der Waals surface area contributed by atoms with Crippen molar-refractivity contribution in [2.75, 3.05) is 11.0 Å². The Morgan fingerprint density at radius 3 is 2.33 bits per heavy atom. The maximum absolute atomic E-state index is 10.9. The van der Waals surface area contributed by atoms with Crippen LogP contribution in [-0.4, -0.2) is 24.9 Å². The molecular formula is C6H11N3O2S. The van der Waals surface area contributed by atoms with Crippen LogP contribution in [0.1, 0.15) is 11.4 Å². The first kappa shape index (κ1) is 9.05. The lowest BCUT2D eigenvalue weighted by Gasteiger charge is -2.01. The van der Waals surface area contributed by atoms with Gasteiger partial charge in [-0.05, 0) is 13.8 Å². The molecule has 0 bridgehead atoms. The molecule has 0 aliphatic carbocycles. The van der Waals surface area contributed by atoms with Crippen molar-refractivity contribution in [2.45, 2.75) is 13.8 Å². The van der Waals surface area contributed by atoms with Crippen LogP contribution in [-0.2, 0) is 10.0 Å². The van der Waals surface area contributed by atoms with Gasteiger partial charge in [0.2, 0.25) is 10.0 Å². The number of hydrogen-bond donors (Lipinski definition) is 2. The van der Waals surface area contributed by atoms with Gasteiger partial charge in [-0.3, -0.25) is 9.82 Å². The quantitative estimate of drug-likeness (QED) is 0.707. The minimum Gasteiger partial charge on any atom is -0.280 e. The van der Waals surface area contributed by atoms with Gasteiger partial charge in [-0.2, -0.15) is 5.10 Å². The van der Waals surface area contributed by atoms with E-state index in [9.17, 15) is 8.42 Å². The van der Waals surface area contributed by atoms with Gasteiger partial charge in [-0.1, -0.05) is 0 Å². The molecule has 0 spiro atoms. The number of hydrogen-bond acceptors (Lipinski definition) is 3. The number of rotatable bonds is 2. The zero-order valence-electron chi connectivity index (χ0n) is 7.17. The van der Waals surface area contributed by atoms with E-state index in [-0.39, 0.29) is 0 Å². The van der Waals surface area contributed by atoms with Gasteiger partial charge < -0.3 is 0 Å². The van der Waals surface area contributed by atoms with Crippen LogP contribution in [0.2, 0.25) is 0 Å². The monoisotopic (exact) mass is 189 g/mol. The first-order valence-corrected chi connectivity index (χ1v) is 5.28. The van der Waals surface area contributed by atoms with Crippen LogP contribution >= 0.6 is 0 Å².